The minimum Gasteiger partial charge on any atom is -0.395 e. The average molecular weight is 348 g/mol. The van der Waals surface area contributed by atoms with Crippen LogP contribution in [0.2, 0.25) is 0 Å². The van der Waals surface area contributed by atoms with Crippen LogP contribution in [0, 0.1) is 22.7 Å². The fourth-order valence-corrected chi connectivity index (χ4v) is 5.28. The van der Waals surface area contributed by atoms with Gasteiger partial charge in [0.1, 0.15) is 11.9 Å². The maximum Gasteiger partial charge on any atom is 0.162 e. The molecule has 3 N–H and O–H groups in total. The molecule has 0 amide bonds. The van der Waals surface area contributed by atoms with Crippen LogP contribution in [0.25, 0.3) is 0 Å². The molecule has 5 atom stereocenters. The van der Waals surface area contributed by atoms with Crippen molar-refractivity contribution in [2.75, 3.05) is 6.61 Å². The summed E-state index contributed by atoms with van der Waals surface area (Å²) in [5, 5.41) is 31.5. The highest BCUT2D eigenvalue weighted by molar-refractivity contribution is 6.01. The third-order valence-electron chi connectivity index (χ3n) is 6.87. The molecule has 1 fully saturated rings. The van der Waals surface area contributed by atoms with Crippen molar-refractivity contribution in [2.24, 2.45) is 22.7 Å². The Kier molecular flexibility index (Phi) is 4.34. The van der Waals surface area contributed by atoms with Gasteiger partial charge in [-0.05, 0) is 40.9 Å². The molecule has 0 heterocycles. The Bertz CT molecular complexity index is 688. The second-order valence-corrected chi connectivity index (χ2v) is 8.59. The fraction of sp³-hybridized carbons (Fsp3) is 0.700. The first-order valence-electron chi connectivity index (χ1n) is 9.07. The highest BCUT2D eigenvalue weighted by Crippen LogP contribution is 2.59. The number of fused-ring (bicyclic) bond motifs is 2. The van der Waals surface area contributed by atoms with E-state index in [0.717, 1.165) is 0 Å². The number of Topliss-reactive ketones (excluding diaryl/α,β-unsaturated/α-hetero) is 2. The van der Waals surface area contributed by atoms with E-state index in [0.29, 0.717) is 29.6 Å². The zero-order valence-corrected chi connectivity index (χ0v) is 15.4. The second kappa shape index (κ2) is 5.86. The Morgan fingerprint density at radius 1 is 1.24 bits per heavy atom. The molecule has 0 aliphatic heterocycles. The molecule has 5 heteroatoms. The maximum absolute atomic E-state index is 12.9. The standard InChI is InChI=1S/C20H28O5/c1-10(2)11-7-13(23)17-16(18(11)25)12(22)8-14-19(17,3)6-5-15(24)20(14,4)9-21/h7,10,13-14,18,21,23,25H,5-6,8-9H2,1-4H3/t13?,14-,18?,19+,20-/m1/s1. The van der Waals surface area contributed by atoms with Crippen molar-refractivity contribution in [3.05, 3.63) is 22.8 Å². The van der Waals surface area contributed by atoms with Crippen LogP contribution in [0.3, 0.4) is 0 Å². The van der Waals surface area contributed by atoms with Gasteiger partial charge in [0, 0.05) is 18.4 Å². The monoisotopic (exact) mass is 348 g/mol. The van der Waals surface area contributed by atoms with Crippen LogP contribution in [0.15, 0.2) is 22.8 Å². The van der Waals surface area contributed by atoms with E-state index < -0.39 is 23.0 Å². The SMILES string of the molecule is CC(C)C1=CC(O)C2=C(C(=O)C[C@H]3[C@@](C)(CO)C(=O)CC[C@]23C)C1O. The van der Waals surface area contributed by atoms with Gasteiger partial charge in [0.2, 0.25) is 0 Å². The summed E-state index contributed by atoms with van der Waals surface area (Å²) in [6, 6.07) is 0. The normalized spacial score (nSPS) is 41.6. The number of aliphatic hydroxyl groups excluding tert-OH is 3. The van der Waals surface area contributed by atoms with Gasteiger partial charge in [0.05, 0.1) is 18.1 Å². The molecule has 5 nitrogen and oxygen atoms in total. The van der Waals surface area contributed by atoms with E-state index in [1.807, 2.05) is 20.8 Å². The molecule has 3 rings (SSSR count). The molecule has 0 spiro atoms. The summed E-state index contributed by atoms with van der Waals surface area (Å²) in [6.45, 7) is 7.22. The predicted octanol–water partition coefficient (Wildman–Crippen LogP) is 1.56. The van der Waals surface area contributed by atoms with Crippen molar-refractivity contribution in [3.63, 3.8) is 0 Å². The van der Waals surface area contributed by atoms with Crippen LogP contribution in [-0.4, -0.2) is 45.7 Å². The number of aliphatic hydroxyl groups is 3. The number of carbonyl (C=O) groups excluding carboxylic acids is 2. The van der Waals surface area contributed by atoms with Crippen LogP contribution in [0.5, 0.6) is 0 Å². The van der Waals surface area contributed by atoms with E-state index in [9.17, 15) is 24.9 Å². The van der Waals surface area contributed by atoms with E-state index in [1.165, 1.54) is 0 Å². The molecular formula is C20H28O5. The first-order chi connectivity index (χ1) is 11.6. The number of ketones is 2. The molecule has 0 radical (unpaired) electrons. The Hall–Kier alpha value is -1.30. The van der Waals surface area contributed by atoms with Crippen LogP contribution in [0.1, 0.15) is 47.0 Å². The lowest BCUT2D eigenvalue weighted by molar-refractivity contribution is -0.147. The lowest BCUT2D eigenvalue weighted by Gasteiger charge is -2.55. The summed E-state index contributed by atoms with van der Waals surface area (Å²) in [5.74, 6) is -0.593. The molecule has 0 aromatic carbocycles. The number of hydrogen-bond donors (Lipinski definition) is 3. The molecule has 0 bridgehead atoms. The largest absolute Gasteiger partial charge is 0.395 e. The Morgan fingerprint density at radius 2 is 1.88 bits per heavy atom. The minimum atomic E-state index is -0.998. The van der Waals surface area contributed by atoms with E-state index in [-0.39, 0.29) is 36.4 Å². The highest BCUT2D eigenvalue weighted by Gasteiger charge is 2.60. The zero-order chi connectivity index (χ0) is 18.7. The van der Waals surface area contributed by atoms with Crippen molar-refractivity contribution in [3.8, 4) is 0 Å². The number of rotatable bonds is 2. The summed E-state index contributed by atoms with van der Waals surface area (Å²) in [5.41, 5.74) is -0.0505. The Morgan fingerprint density at radius 3 is 2.44 bits per heavy atom. The van der Waals surface area contributed by atoms with Crippen LogP contribution < -0.4 is 0 Å². The van der Waals surface area contributed by atoms with Crippen LogP contribution in [-0.2, 0) is 9.59 Å². The van der Waals surface area contributed by atoms with E-state index in [4.69, 9.17) is 0 Å². The molecule has 0 saturated heterocycles. The van der Waals surface area contributed by atoms with Gasteiger partial charge < -0.3 is 15.3 Å². The van der Waals surface area contributed by atoms with Gasteiger partial charge in [-0.15, -0.1) is 0 Å². The lowest BCUT2D eigenvalue weighted by Crippen LogP contribution is -2.57. The summed E-state index contributed by atoms with van der Waals surface area (Å²) in [7, 11) is 0. The smallest absolute Gasteiger partial charge is 0.162 e. The molecule has 0 aromatic rings. The van der Waals surface area contributed by atoms with Crippen molar-refractivity contribution in [1.82, 2.24) is 0 Å². The average Bonchev–Trinajstić information content (AvgIpc) is 2.55. The first kappa shape index (κ1) is 18.5. The molecule has 1 saturated carbocycles. The van der Waals surface area contributed by atoms with Crippen molar-refractivity contribution < 1.29 is 24.9 Å². The predicted molar refractivity (Wildman–Crippen MR) is 92.6 cm³/mol. The summed E-state index contributed by atoms with van der Waals surface area (Å²) in [4.78, 5) is 25.4. The Labute approximate surface area is 148 Å². The molecule has 25 heavy (non-hydrogen) atoms. The van der Waals surface area contributed by atoms with Crippen LogP contribution in [0.4, 0.5) is 0 Å². The van der Waals surface area contributed by atoms with Gasteiger partial charge in [-0.1, -0.05) is 27.7 Å². The van der Waals surface area contributed by atoms with E-state index >= 15 is 0 Å². The molecule has 3 aliphatic carbocycles. The number of carbonyl (C=O) groups is 2. The van der Waals surface area contributed by atoms with Gasteiger partial charge in [0.15, 0.2) is 5.78 Å². The van der Waals surface area contributed by atoms with Gasteiger partial charge in [-0.25, -0.2) is 0 Å². The summed E-state index contributed by atoms with van der Waals surface area (Å²) < 4.78 is 0. The molecule has 138 valence electrons. The van der Waals surface area contributed by atoms with Crippen molar-refractivity contribution in [2.45, 2.75) is 59.2 Å². The van der Waals surface area contributed by atoms with Gasteiger partial charge in [-0.2, -0.15) is 0 Å². The third-order valence-corrected chi connectivity index (χ3v) is 6.87. The minimum absolute atomic E-state index is 0.0210. The molecule has 2 unspecified atom stereocenters. The van der Waals surface area contributed by atoms with E-state index in [2.05, 4.69) is 0 Å². The lowest BCUT2D eigenvalue weighted by atomic mass is 9.47. The quantitative estimate of drug-likeness (QED) is 0.658. The van der Waals surface area contributed by atoms with Crippen molar-refractivity contribution >= 4 is 11.6 Å². The molecular weight excluding hydrogens is 320 g/mol. The summed E-state index contributed by atoms with van der Waals surface area (Å²) >= 11 is 0. The Balaban J connectivity index is 2.17. The molecule has 3 aliphatic rings. The molecule has 0 aromatic heterocycles. The second-order valence-electron chi connectivity index (χ2n) is 8.59. The number of hydrogen-bond acceptors (Lipinski definition) is 5. The van der Waals surface area contributed by atoms with Crippen molar-refractivity contribution in [1.29, 1.82) is 0 Å². The fourth-order valence-electron chi connectivity index (χ4n) is 5.28. The third kappa shape index (κ3) is 2.40. The summed E-state index contributed by atoms with van der Waals surface area (Å²) in [6.07, 6.45) is 0.658. The highest BCUT2D eigenvalue weighted by atomic mass is 16.3. The topological polar surface area (TPSA) is 94.8 Å². The van der Waals surface area contributed by atoms with Gasteiger partial charge >= 0.3 is 0 Å². The van der Waals surface area contributed by atoms with Crippen LogP contribution >= 0.6 is 0 Å². The first-order valence-corrected chi connectivity index (χ1v) is 9.07. The van der Waals surface area contributed by atoms with Gasteiger partial charge in [0.25, 0.3) is 0 Å². The van der Waals surface area contributed by atoms with E-state index in [1.54, 1.807) is 13.0 Å². The van der Waals surface area contributed by atoms with Gasteiger partial charge in [-0.3, -0.25) is 9.59 Å². The maximum atomic E-state index is 12.9. The zero-order valence-electron chi connectivity index (χ0n) is 15.4.